The Morgan fingerprint density at radius 2 is 1.57 bits per heavy atom. The van der Waals surface area contributed by atoms with Crippen molar-refractivity contribution in [3.63, 3.8) is 0 Å². The number of aliphatic hydroxyl groups excluding tert-OH is 3. The Morgan fingerprint density at radius 3 is 2.27 bits per heavy atom. The normalized spacial score (nSPS) is 20.6. The first-order valence-electron chi connectivity index (χ1n) is 15.3. The van der Waals surface area contributed by atoms with Crippen LogP contribution in [0.25, 0.3) is 10.8 Å². The first-order valence-corrected chi connectivity index (χ1v) is 16.7. The minimum atomic E-state index is -3.98. The van der Waals surface area contributed by atoms with Crippen LogP contribution in [0.1, 0.15) is 51.4 Å². The Bertz CT molecular complexity index is 1340. The van der Waals surface area contributed by atoms with Crippen LogP contribution in [0.5, 0.6) is 0 Å². The molecule has 0 bridgehead atoms. The van der Waals surface area contributed by atoms with Gasteiger partial charge in [0.1, 0.15) is 0 Å². The van der Waals surface area contributed by atoms with Gasteiger partial charge in [-0.2, -0.15) is 0 Å². The number of nitrogens with zero attached hydrogens (tertiary/aromatic N) is 2. The highest BCUT2D eigenvalue weighted by atomic mass is 32.2. The monoisotopic (exact) mass is 636 g/mol. The predicted molar refractivity (Wildman–Crippen MR) is 169 cm³/mol. The van der Waals surface area contributed by atoms with Gasteiger partial charge in [-0.25, -0.2) is 13.1 Å². The summed E-state index contributed by atoms with van der Waals surface area (Å²) < 4.78 is 34.2. The summed E-state index contributed by atoms with van der Waals surface area (Å²) in [5.41, 5.74) is 0.885. The molecule has 0 aliphatic carbocycles. The molecule has 0 saturated carbocycles. The largest absolute Gasteiger partial charge is 0.469 e. The molecule has 1 aliphatic heterocycles. The maximum atomic E-state index is 13.5. The van der Waals surface area contributed by atoms with E-state index in [1.54, 1.807) is 29.2 Å². The van der Waals surface area contributed by atoms with E-state index in [2.05, 4.69) is 14.8 Å². The number of ether oxygens (including phenoxy) is 1. The van der Waals surface area contributed by atoms with Gasteiger partial charge in [-0.3, -0.25) is 14.5 Å². The van der Waals surface area contributed by atoms with E-state index in [1.807, 2.05) is 31.1 Å². The minimum absolute atomic E-state index is 0.0448. The van der Waals surface area contributed by atoms with Gasteiger partial charge in [0.05, 0.1) is 42.9 Å². The molecule has 0 unspecified atom stereocenters. The molecule has 1 amide bonds. The minimum Gasteiger partial charge on any atom is -0.469 e. The number of sulfonamides is 1. The number of amides is 1. The number of carbonyl (C=O) groups is 2. The third-order valence-electron chi connectivity index (χ3n) is 8.22. The summed E-state index contributed by atoms with van der Waals surface area (Å²) in [6.45, 7) is 0.423. The number of likely N-dealkylation sites (tertiary alicyclic amines) is 1. The average Bonchev–Trinajstić information content (AvgIpc) is 3.24. The van der Waals surface area contributed by atoms with E-state index in [0.717, 1.165) is 30.3 Å². The van der Waals surface area contributed by atoms with Gasteiger partial charge in [0.25, 0.3) is 0 Å². The molecular formula is C31H48N4O8S. The Labute approximate surface area is 260 Å². The number of benzene rings is 2. The summed E-state index contributed by atoms with van der Waals surface area (Å²) in [6, 6.07) is 9.11. The molecule has 1 aliphatic rings. The fourth-order valence-electron chi connectivity index (χ4n) is 5.78. The molecular weight excluding hydrogens is 588 g/mol. The van der Waals surface area contributed by atoms with E-state index >= 15 is 0 Å². The van der Waals surface area contributed by atoms with E-state index in [9.17, 15) is 33.3 Å². The zero-order valence-electron chi connectivity index (χ0n) is 25.9. The van der Waals surface area contributed by atoms with Crippen LogP contribution in [0.15, 0.2) is 41.3 Å². The maximum Gasteiger partial charge on any atom is 0.305 e. The molecule has 2 aromatic rings. The lowest BCUT2D eigenvalue weighted by Gasteiger charge is -2.29. The summed E-state index contributed by atoms with van der Waals surface area (Å²) in [6.07, 6.45) is 2.58. The highest BCUT2D eigenvalue weighted by molar-refractivity contribution is 7.89. The first-order chi connectivity index (χ1) is 21.0. The molecule has 12 nitrogen and oxygen atoms in total. The Hall–Kier alpha value is -2.81. The van der Waals surface area contributed by atoms with E-state index < -0.39 is 34.3 Å². The van der Waals surface area contributed by atoms with Crippen LogP contribution >= 0.6 is 0 Å². The van der Waals surface area contributed by atoms with Gasteiger partial charge in [0.2, 0.25) is 15.9 Å². The molecule has 5 N–H and O–H groups in total. The average molecular weight is 637 g/mol. The van der Waals surface area contributed by atoms with Gasteiger partial charge < -0.3 is 30.3 Å². The zero-order chi connectivity index (χ0) is 32.3. The summed E-state index contributed by atoms with van der Waals surface area (Å²) in [7, 11) is 1.17. The second kappa shape index (κ2) is 17.0. The number of hydrogen-bond donors (Lipinski definition) is 5. The van der Waals surface area contributed by atoms with Gasteiger partial charge in [-0.15, -0.1) is 0 Å². The van der Waals surface area contributed by atoms with Gasteiger partial charge in [0.15, 0.2) is 0 Å². The third kappa shape index (κ3) is 9.35. The Morgan fingerprint density at radius 1 is 0.909 bits per heavy atom. The SMILES string of the molecule is COC(=O)CCCCCNC(=O)CCCCCN1[C@H](CO)[C@@H](O)[C@H](O)[C@H]1CNS(=O)(=O)c1cccc2c(N(C)C)cccc12. The van der Waals surface area contributed by atoms with Gasteiger partial charge in [-0.05, 0) is 44.4 Å². The third-order valence-corrected chi connectivity index (χ3v) is 9.70. The molecule has 3 rings (SSSR count). The number of esters is 1. The summed E-state index contributed by atoms with van der Waals surface area (Å²) >= 11 is 0. The topological polar surface area (TPSA) is 169 Å². The fraction of sp³-hybridized carbons (Fsp3) is 0.613. The van der Waals surface area contributed by atoms with Crippen LogP contribution in [0.2, 0.25) is 0 Å². The van der Waals surface area contributed by atoms with Crippen molar-refractivity contribution < 1.29 is 38.1 Å². The second-order valence-corrected chi connectivity index (χ2v) is 13.2. The van der Waals surface area contributed by atoms with Crippen molar-refractivity contribution in [1.29, 1.82) is 0 Å². The number of fused-ring (bicyclic) bond motifs is 1. The number of anilines is 1. The molecule has 4 atom stereocenters. The lowest BCUT2D eigenvalue weighted by atomic mass is 10.1. The van der Waals surface area contributed by atoms with Crippen molar-refractivity contribution in [3.8, 4) is 0 Å². The van der Waals surface area contributed by atoms with Crippen molar-refractivity contribution in [2.24, 2.45) is 0 Å². The number of nitrogens with one attached hydrogen (secondary N) is 2. The van der Waals surface area contributed by atoms with Crippen LogP contribution in [0, 0.1) is 0 Å². The quantitative estimate of drug-likeness (QED) is 0.119. The first kappa shape index (κ1) is 35.7. The van der Waals surface area contributed by atoms with Crippen LogP contribution in [0.3, 0.4) is 0 Å². The molecule has 44 heavy (non-hydrogen) atoms. The number of carbonyl (C=O) groups excluding carboxylic acids is 2. The standard InChI is InChI=1S/C31H48N4O8S/c1-34(2)24-14-10-13-23-22(24)12-11-15-27(23)44(41,42)33-20-25-30(39)31(40)26(21-36)35(25)19-9-5-6-16-28(37)32-18-8-4-7-17-29(38)43-3/h10-15,25-26,30-31,33,36,39-40H,4-9,16-21H2,1-3H3,(H,32,37)/t25-,26-,30-,31-/m1/s1. The molecule has 0 radical (unpaired) electrons. The molecule has 1 fully saturated rings. The Kier molecular flexibility index (Phi) is 13.8. The summed E-state index contributed by atoms with van der Waals surface area (Å²) in [5.74, 6) is -0.277. The number of unbranched alkanes of at least 4 members (excludes halogenated alkanes) is 4. The molecule has 13 heteroatoms. The maximum absolute atomic E-state index is 13.5. The highest BCUT2D eigenvalue weighted by Crippen LogP contribution is 2.31. The van der Waals surface area contributed by atoms with Gasteiger partial charge in [0, 0.05) is 56.5 Å². The van der Waals surface area contributed by atoms with Crippen molar-refractivity contribution in [1.82, 2.24) is 14.9 Å². The lowest BCUT2D eigenvalue weighted by molar-refractivity contribution is -0.140. The van der Waals surface area contributed by atoms with Crippen LogP contribution < -0.4 is 14.9 Å². The number of rotatable bonds is 18. The fourth-order valence-corrected chi connectivity index (χ4v) is 7.05. The molecule has 1 heterocycles. The predicted octanol–water partition coefficient (Wildman–Crippen LogP) is 1.36. The number of aliphatic hydroxyl groups is 3. The zero-order valence-corrected chi connectivity index (χ0v) is 26.8. The van der Waals surface area contributed by atoms with E-state index in [1.165, 1.54) is 7.11 Å². The number of hydrogen-bond acceptors (Lipinski definition) is 10. The molecule has 1 saturated heterocycles. The summed E-state index contributed by atoms with van der Waals surface area (Å²) in [5, 5.41) is 35.6. The highest BCUT2D eigenvalue weighted by Gasteiger charge is 2.47. The van der Waals surface area contributed by atoms with E-state index in [4.69, 9.17) is 0 Å². The van der Waals surface area contributed by atoms with Crippen LogP contribution in [-0.4, -0.2) is 112 Å². The van der Waals surface area contributed by atoms with E-state index in [0.29, 0.717) is 50.6 Å². The smallest absolute Gasteiger partial charge is 0.305 e. The van der Waals surface area contributed by atoms with Crippen molar-refractivity contribution in [3.05, 3.63) is 36.4 Å². The lowest BCUT2D eigenvalue weighted by Crippen LogP contribution is -2.47. The summed E-state index contributed by atoms with van der Waals surface area (Å²) in [4.78, 5) is 27.1. The van der Waals surface area contributed by atoms with Crippen LogP contribution in [0.4, 0.5) is 5.69 Å². The Balaban J connectivity index is 1.52. The molecule has 0 spiro atoms. The molecule has 2 aromatic carbocycles. The van der Waals surface area contributed by atoms with Crippen molar-refractivity contribution in [2.45, 2.75) is 80.6 Å². The molecule has 246 valence electrons. The van der Waals surface area contributed by atoms with Crippen molar-refractivity contribution >= 4 is 38.4 Å². The van der Waals surface area contributed by atoms with Gasteiger partial charge in [-0.1, -0.05) is 37.1 Å². The van der Waals surface area contributed by atoms with Crippen molar-refractivity contribution in [2.75, 3.05) is 52.3 Å². The second-order valence-electron chi connectivity index (χ2n) is 11.5. The van der Waals surface area contributed by atoms with E-state index in [-0.39, 0.29) is 29.9 Å². The molecule has 0 aromatic heterocycles. The number of methoxy groups -OCH3 is 1. The van der Waals surface area contributed by atoms with Crippen LogP contribution in [-0.2, 0) is 24.3 Å². The van der Waals surface area contributed by atoms with Gasteiger partial charge >= 0.3 is 5.97 Å².